The first kappa shape index (κ1) is 21.4. The predicted molar refractivity (Wildman–Crippen MR) is 95.6 cm³/mol. The van der Waals surface area contributed by atoms with Crippen molar-refractivity contribution in [2.45, 2.75) is 26.3 Å². The number of nitrogens with two attached hydrogens (primary N) is 1. The molecule has 1 aromatic carbocycles. The molecule has 0 fully saturated rings. The molecule has 3 N–H and O–H groups in total. The first-order chi connectivity index (χ1) is 10.1. The maximum absolute atomic E-state index is 12.3. The van der Waals surface area contributed by atoms with E-state index < -0.39 is 0 Å². The number of hydrogen-bond acceptors (Lipinski definition) is 4. The van der Waals surface area contributed by atoms with Gasteiger partial charge in [-0.1, -0.05) is 19.9 Å². The monoisotopic (exact) mass is 359 g/mol. The van der Waals surface area contributed by atoms with Crippen LogP contribution < -0.4 is 11.1 Å². The minimum atomic E-state index is -0.118. The van der Waals surface area contributed by atoms with Gasteiger partial charge in [0.2, 0.25) is 0 Å². The van der Waals surface area contributed by atoms with Gasteiger partial charge in [-0.2, -0.15) is 5.10 Å². The molecular weight excluding hydrogens is 337 g/mol. The van der Waals surface area contributed by atoms with Crippen molar-refractivity contribution in [1.82, 2.24) is 20.1 Å². The molecule has 0 radical (unpaired) electrons. The van der Waals surface area contributed by atoms with Crippen LogP contribution in [0, 0.1) is 5.92 Å². The van der Waals surface area contributed by atoms with Gasteiger partial charge >= 0.3 is 0 Å². The predicted octanol–water partition coefficient (Wildman–Crippen LogP) is 2.21. The zero-order valence-electron chi connectivity index (χ0n) is 13.2. The van der Waals surface area contributed by atoms with Crippen LogP contribution in [0.3, 0.4) is 0 Å². The normalized spacial score (nSPS) is 11.3. The Morgan fingerprint density at radius 2 is 2.09 bits per heavy atom. The van der Waals surface area contributed by atoms with Gasteiger partial charge in [0.25, 0.3) is 5.91 Å². The van der Waals surface area contributed by atoms with Crippen LogP contribution in [0.25, 0.3) is 5.69 Å². The lowest BCUT2D eigenvalue weighted by Gasteiger charge is -2.19. The van der Waals surface area contributed by atoms with E-state index in [4.69, 9.17) is 5.73 Å². The van der Waals surface area contributed by atoms with E-state index in [1.807, 2.05) is 12.1 Å². The van der Waals surface area contributed by atoms with E-state index in [9.17, 15) is 4.79 Å². The molecule has 1 amide bonds. The summed E-state index contributed by atoms with van der Waals surface area (Å²) in [5, 5.41) is 7.03. The molecule has 2 rings (SSSR count). The van der Waals surface area contributed by atoms with Crippen molar-refractivity contribution in [3.05, 3.63) is 42.5 Å². The number of carbonyl (C=O) groups excluding carboxylic acids is 1. The highest BCUT2D eigenvalue weighted by atomic mass is 35.5. The molecule has 1 atom stereocenters. The Balaban J connectivity index is 0.00000242. The van der Waals surface area contributed by atoms with Crippen LogP contribution in [-0.2, 0) is 0 Å². The molecule has 0 saturated heterocycles. The van der Waals surface area contributed by atoms with Gasteiger partial charge in [-0.05, 0) is 30.5 Å². The Hall–Kier alpha value is -1.63. The summed E-state index contributed by atoms with van der Waals surface area (Å²) in [4.78, 5) is 16.2. The van der Waals surface area contributed by atoms with Gasteiger partial charge in [-0.15, -0.1) is 24.8 Å². The van der Waals surface area contributed by atoms with Crippen LogP contribution in [0.4, 0.5) is 0 Å². The highest BCUT2D eigenvalue weighted by molar-refractivity contribution is 5.94. The molecule has 0 bridgehead atoms. The average molecular weight is 360 g/mol. The van der Waals surface area contributed by atoms with Crippen LogP contribution in [0.2, 0.25) is 0 Å². The van der Waals surface area contributed by atoms with Crippen molar-refractivity contribution in [2.24, 2.45) is 11.7 Å². The maximum Gasteiger partial charge on any atom is 0.251 e. The summed E-state index contributed by atoms with van der Waals surface area (Å²) in [6.07, 6.45) is 3.92. The summed E-state index contributed by atoms with van der Waals surface area (Å²) in [7, 11) is 0. The summed E-state index contributed by atoms with van der Waals surface area (Å²) in [5.74, 6) is 0.369. The number of carbonyl (C=O) groups is 1. The molecule has 0 spiro atoms. The molecule has 0 aliphatic heterocycles. The zero-order chi connectivity index (χ0) is 15.2. The lowest BCUT2D eigenvalue weighted by atomic mass is 10.0. The van der Waals surface area contributed by atoms with Crippen molar-refractivity contribution in [3.63, 3.8) is 0 Å². The summed E-state index contributed by atoms with van der Waals surface area (Å²) >= 11 is 0. The molecule has 1 aromatic heterocycles. The third-order valence-electron chi connectivity index (χ3n) is 3.17. The van der Waals surface area contributed by atoms with Gasteiger partial charge < -0.3 is 11.1 Å². The first-order valence-electron chi connectivity index (χ1n) is 7.06. The summed E-state index contributed by atoms with van der Waals surface area (Å²) in [5.41, 5.74) is 7.10. The largest absolute Gasteiger partial charge is 0.348 e. The van der Waals surface area contributed by atoms with E-state index >= 15 is 0 Å². The van der Waals surface area contributed by atoms with E-state index in [0.29, 0.717) is 18.0 Å². The first-order valence-corrected chi connectivity index (χ1v) is 7.06. The third kappa shape index (κ3) is 6.17. The number of hydrogen-bond donors (Lipinski definition) is 2. The fourth-order valence-corrected chi connectivity index (χ4v) is 2.18. The number of nitrogens with one attached hydrogen (secondary N) is 1. The number of aromatic nitrogens is 3. The highest BCUT2D eigenvalue weighted by Gasteiger charge is 2.14. The quantitative estimate of drug-likeness (QED) is 0.827. The number of nitrogens with zero attached hydrogens (tertiary/aromatic N) is 3. The molecule has 6 nitrogen and oxygen atoms in total. The van der Waals surface area contributed by atoms with E-state index in [1.165, 1.54) is 6.33 Å². The Labute approximate surface area is 148 Å². The molecule has 0 saturated carbocycles. The van der Waals surface area contributed by atoms with Crippen LogP contribution in [-0.4, -0.2) is 33.3 Å². The topological polar surface area (TPSA) is 85.8 Å². The lowest BCUT2D eigenvalue weighted by Crippen LogP contribution is -2.41. The second-order valence-electron chi connectivity index (χ2n) is 5.43. The van der Waals surface area contributed by atoms with Gasteiger partial charge in [-0.3, -0.25) is 4.79 Å². The number of rotatable bonds is 6. The fourth-order valence-electron chi connectivity index (χ4n) is 2.18. The fraction of sp³-hybridized carbons (Fsp3) is 0.400. The van der Waals surface area contributed by atoms with Gasteiger partial charge in [0.15, 0.2) is 0 Å². The number of halogens is 2. The summed E-state index contributed by atoms with van der Waals surface area (Å²) in [6.45, 7) is 4.66. The smallest absolute Gasteiger partial charge is 0.251 e. The van der Waals surface area contributed by atoms with E-state index in [0.717, 1.165) is 12.1 Å². The average Bonchev–Trinajstić information content (AvgIpc) is 3.00. The SMILES string of the molecule is CC(C)CC(CN)NC(=O)c1cccc(-n2cncn2)c1.Cl.Cl. The Bertz CT molecular complexity index is 589. The zero-order valence-corrected chi connectivity index (χ0v) is 14.8. The molecular formula is C15H23Cl2N5O. The Morgan fingerprint density at radius 1 is 1.35 bits per heavy atom. The molecule has 0 aliphatic carbocycles. The summed E-state index contributed by atoms with van der Waals surface area (Å²) < 4.78 is 1.62. The van der Waals surface area contributed by atoms with E-state index in [1.54, 1.807) is 23.1 Å². The van der Waals surface area contributed by atoms with Crippen molar-refractivity contribution < 1.29 is 4.79 Å². The molecule has 128 valence electrons. The third-order valence-corrected chi connectivity index (χ3v) is 3.17. The lowest BCUT2D eigenvalue weighted by molar-refractivity contribution is 0.0933. The van der Waals surface area contributed by atoms with E-state index in [2.05, 4.69) is 29.2 Å². The minimum absolute atomic E-state index is 0. The van der Waals surface area contributed by atoms with Gasteiger partial charge in [0.1, 0.15) is 12.7 Å². The molecule has 1 heterocycles. The van der Waals surface area contributed by atoms with Crippen LogP contribution >= 0.6 is 24.8 Å². The second kappa shape index (κ2) is 10.2. The number of benzene rings is 1. The van der Waals surface area contributed by atoms with Gasteiger partial charge in [0.05, 0.1) is 5.69 Å². The summed E-state index contributed by atoms with van der Waals surface area (Å²) in [6, 6.07) is 7.25. The Morgan fingerprint density at radius 3 is 2.65 bits per heavy atom. The van der Waals surface area contributed by atoms with Crippen LogP contribution in [0.1, 0.15) is 30.6 Å². The van der Waals surface area contributed by atoms with Crippen molar-refractivity contribution in [1.29, 1.82) is 0 Å². The second-order valence-corrected chi connectivity index (χ2v) is 5.43. The maximum atomic E-state index is 12.3. The standard InChI is InChI=1S/C15H21N5O.2ClH/c1-11(2)6-13(8-16)19-15(21)12-4-3-5-14(7-12)20-10-17-9-18-20;;/h3-5,7,9-11,13H,6,8,16H2,1-2H3,(H,19,21);2*1H. The van der Waals surface area contributed by atoms with Crippen molar-refractivity contribution in [3.8, 4) is 5.69 Å². The van der Waals surface area contributed by atoms with Gasteiger partial charge in [0, 0.05) is 18.2 Å². The highest BCUT2D eigenvalue weighted by Crippen LogP contribution is 2.10. The van der Waals surface area contributed by atoms with E-state index in [-0.39, 0.29) is 36.8 Å². The van der Waals surface area contributed by atoms with Crippen molar-refractivity contribution >= 4 is 30.7 Å². The van der Waals surface area contributed by atoms with Gasteiger partial charge in [-0.25, -0.2) is 9.67 Å². The molecule has 0 aliphatic rings. The molecule has 23 heavy (non-hydrogen) atoms. The molecule has 2 aromatic rings. The molecule has 8 heteroatoms. The van der Waals surface area contributed by atoms with Crippen LogP contribution in [0.5, 0.6) is 0 Å². The molecule has 1 unspecified atom stereocenters. The number of amides is 1. The van der Waals surface area contributed by atoms with Crippen molar-refractivity contribution in [2.75, 3.05) is 6.54 Å². The Kier molecular flexibility index (Phi) is 9.48. The van der Waals surface area contributed by atoms with Crippen LogP contribution in [0.15, 0.2) is 36.9 Å². The minimum Gasteiger partial charge on any atom is -0.348 e.